The van der Waals surface area contributed by atoms with Gasteiger partial charge in [0.15, 0.2) is 0 Å². The molecule has 2 aromatic rings. The molecule has 1 atom stereocenters. The number of benzene rings is 1. The second kappa shape index (κ2) is 6.95. The second-order valence-corrected chi connectivity index (χ2v) is 5.99. The van der Waals surface area contributed by atoms with Crippen LogP contribution in [0.5, 0.6) is 0 Å². The molecular weight excluding hydrogens is 340 g/mol. The standard InChI is InChI=1S/C17H18N4O5/c1-2-20(12-9-13(22)18-16(12)25)14(23)7-8-21-11-6-4-3-5-10(11)15(24)19-17(21)26/h3-6,12H,2,7-9H2,1H3,(H,18,22,25)(H,19,24,26)/t12-/m0/s1. The summed E-state index contributed by atoms with van der Waals surface area (Å²) in [6, 6.07) is 5.80. The van der Waals surface area contributed by atoms with E-state index in [0.717, 1.165) is 0 Å². The number of carbonyl (C=O) groups is 3. The van der Waals surface area contributed by atoms with Gasteiger partial charge in [-0.1, -0.05) is 12.1 Å². The third-order valence-corrected chi connectivity index (χ3v) is 4.44. The molecule has 1 fully saturated rings. The van der Waals surface area contributed by atoms with Crippen molar-refractivity contribution in [3.63, 3.8) is 0 Å². The number of nitrogens with zero attached hydrogens (tertiary/aromatic N) is 2. The fraction of sp³-hybridized carbons (Fsp3) is 0.353. The Hall–Kier alpha value is -3.23. The first-order chi connectivity index (χ1) is 12.4. The van der Waals surface area contributed by atoms with Gasteiger partial charge in [0.2, 0.25) is 17.7 Å². The maximum atomic E-state index is 12.5. The largest absolute Gasteiger partial charge is 0.330 e. The van der Waals surface area contributed by atoms with E-state index in [1.54, 1.807) is 31.2 Å². The van der Waals surface area contributed by atoms with Crippen molar-refractivity contribution in [1.29, 1.82) is 0 Å². The molecule has 26 heavy (non-hydrogen) atoms. The Bertz CT molecular complexity index is 1010. The number of rotatable bonds is 5. The van der Waals surface area contributed by atoms with Crippen molar-refractivity contribution in [2.75, 3.05) is 6.54 Å². The summed E-state index contributed by atoms with van der Waals surface area (Å²) in [5.41, 5.74) is -0.645. The Morgan fingerprint density at radius 2 is 1.96 bits per heavy atom. The lowest BCUT2D eigenvalue weighted by molar-refractivity contribution is -0.138. The Morgan fingerprint density at radius 1 is 1.23 bits per heavy atom. The van der Waals surface area contributed by atoms with Gasteiger partial charge in [0.05, 0.1) is 17.3 Å². The molecule has 0 spiro atoms. The van der Waals surface area contributed by atoms with Crippen LogP contribution in [-0.4, -0.2) is 44.8 Å². The minimum Gasteiger partial charge on any atom is -0.330 e. The number of amides is 3. The number of aromatic nitrogens is 2. The van der Waals surface area contributed by atoms with Gasteiger partial charge < -0.3 is 4.90 Å². The molecule has 1 aromatic heterocycles. The van der Waals surface area contributed by atoms with Gasteiger partial charge in [0.1, 0.15) is 6.04 Å². The molecule has 3 rings (SSSR count). The summed E-state index contributed by atoms with van der Waals surface area (Å²) in [5.74, 6) is -1.24. The molecule has 1 saturated heterocycles. The van der Waals surface area contributed by atoms with Crippen LogP contribution in [0.3, 0.4) is 0 Å². The number of H-pyrrole nitrogens is 1. The third-order valence-electron chi connectivity index (χ3n) is 4.44. The first-order valence-corrected chi connectivity index (χ1v) is 8.27. The number of carbonyl (C=O) groups excluding carboxylic acids is 3. The van der Waals surface area contributed by atoms with Crippen molar-refractivity contribution >= 4 is 28.6 Å². The Morgan fingerprint density at radius 3 is 2.62 bits per heavy atom. The van der Waals surface area contributed by atoms with Crippen LogP contribution >= 0.6 is 0 Å². The molecule has 2 heterocycles. The zero-order chi connectivity index (χ0) is 18.8. The molecule has 1 aromatic carbocycles. The fourth-order valence-electron chi connectivity index (χ4n) is 3.18. The maximum Gasteiger partial charge on any atom is 0.328 e. The van der Waals surface area contributed by atoms with Gasteiger partial charge in [0.25, 0.3) is 5.56 Å². The highest BCUT2D eigenvalue weighted by Crippen LogP contribution is 2.13. The quantitative estimate of drug-likeness (QED) is 0.688. The second-order valence-electron chi connectivity index (χ2n) is 5.99. The third kappa shape index (κ3) is 3.15. The van der Waals surface area contributed by atoms with Gasteiger partial charge in [-0.2, -0.15) is 0 Å². The monoisotopic (exact) mass is 358 g/mol. The van der Waals surface area contributed by atoms with Gasteiger partial charge in [-0.3, -0.25) is 34.0 Å². The van der Waals surface area contributed by atoms with E-state index in [1.165, 1.54) is 9.47 Å². The molecule has 0 bridgehead atoms. The van der Waals surface area contributed by atoms with Crippen LogP contribution in [0.4, 0.5) is 0 Å². The molecule has 0 aliphatic carbocycles. The van der Waals surface area contributed by atoms with Crippen LogP contribution < -0.4 is 16.6 Å². The number of nitrogens with one attached hydrogen (secondary N) is 2. The smallest absolute Gasteiger partial charge is 0.328 e. The van der Waals surface area contributed by atoms with Crippen LogP contribution in [0.2, 0.25) is 0 Å². The van der Waals surface area contributed by atoms with E-state index >= 15 is 0 Å². The normalized spacial score (nSPS) is 16.7. The summed E-state index contributed by atoms with van der Waals surface area (Å²) < 4.78 is 1.32. The number of hydrogen-bond donors (Lipinski definition) is 2. The molecule has 1 aliphatic rings. The minimum atomic E-state index is -0.816. The molecule has 2 N–H and O–H groups in total. The minimum absolute atomic E-state index is 0.0399. The molecule has 9 nitrogen and oxygen atoms in total. The average Bonchev–Trinajstić information content (AvgIpc) is 2.93. The molecule has 0 unspecified atom stereocenters. The van der Waals surface area contributed by atoms with Gasteiger partial charge in [0, 0.05) is 19.5 Å². The van der Waals surface area contributed by atoms with Crippen molar-refractivity contribution in [2.24, 2.45) is 0 Å². The summed E-state index contributed by atoms with van der Waals surface area (Å²) in [4.78, 5) is 63.3. The van der Waals surface area contributed by atoms with Crippen LogP contribution in [0.1, 0.15) is 19.8 Å². The van der Waals surface area contributed by atoms with E-state index in [9.17, 15) is 24.0 Å². The summed E-state index contributed by atoms with van der Waals surface area (Å²) in [5, 5.41) is 2.54. The van der Waals surface area contributed by atoms with E-state index in [4.69, 9.17) is 0 Å². The van der Waals surface area contributed by atoms with Crippen LogP contribution in [-0.2, 0) is 20.9 Å². The Labute approximate surface area is 147 Å². The fourth-order valence-corrected chi connectivity index (χ4v) is 3.18. The van der Waals surface area contributed by atoms with Crippen molar-refractivity contribution < 1.29 is 14.4 Å². The summed E-state index contributed by atoms with van der Waals surface area (Å²) in [6.07, 6.45) is -0.0955. The number of likely N-dealkylation sites (N-methyl/N-ethyl adjacent to an activating group) is 1. The number of aryl methyl sites for hydroxylation is 1. The molecule has 0 radical (unpaired) electrons. The summed E-state index contributed by atoms with van der Waals surface area (Å²) in [6.45, 7) is 2.04. The van der Waals surface area contributed by atoms with E-state index < -0.39 is 29.1 Å². The first-order valence-electron chi connectivity index (χ1n) is 8.27. The van der Waals surface area contributed by atoms with E-state index in [2.05, 4.69) is 10.3 Å². The number of aromatic amines is 1. The van der Waals surface area contributed by atoms with Crippen molar-refractivity contribution in [3.8, 4) is 0 Å². The number of para-hydroxylation sites is 1. The van der Waals surface area contributed by atoms with E-state index in [1.807, 2.05) is 0 Å². The highest BCUT2D eigenvalue weighted by molar-refractivity contribution is 6.06. The lowest BCUT2D eigenvalue weighted by Crippen LogP contribution is -2.45. The molecule has 3 amide bonds. The molecule has 9 heteroatoms. The summed E-state index contributed by atoms with van der Waals surface area (Å²) in [7, 11) is 0. The number of hydrogen-bond acceptors (Lipinski definition) is 5. The molecule has 0 saturated carbocycles. The van der Waals surface area contributed by atoms with Crippen molar-refractivity contribution in [2.45, 2.75) is 32.4 Å². The summed E-state index contributed by atoms with van der Waals surface area (Å²) >= 11 is 0. The van der Waals surface area contributed by atoms with E-state index in [-0.39, 0.29) is 31.8 Å². The lowest BCUT2D eigenvalue weighted by atomic mass is 10.2. The van der Waals surface area contributed by atoms with Gasteiger partial charge >= 0.3 is 5.69 Å². The van der Waals surface area contributed by atoms with Crippen LogP contribution in [0, 0.1) is 0 Å². The van der Waals surface area contributed by atoms with Crippen LogP contribution in [0.25, 0.3) is 10.9 Å². The maximum absolute atomic E-state index is 12.5. The SMILES string of the molecule is CCN(C(=O)CCn1c(=O)[nH]c(=O)c2ccccc21)[C@H]1CC(=O)NC1=O. The van der Waals surface area contributed by atoms with Crippen molar-refractivity contribution in [1.82, 2.24) is 19.8 Å². The average molecular weight is 358 g/mol. The zero-order valence-electron chi connectivity index (χ0n) is 14.2. The van der Waals surface area contributed by atoms with Gasteiger partial charge in [-0.15, -0.1) is 0 Å². The highest BCUT2D eigenvalue weighted by Gasteiger charge is 2.36. The molecular formula is C17H18N4O5. The Kier molecular flexibility index (Phi) is 4.70. The lowest BCUT2D eigenvalue weighted by Gasteiger charge is -2.25. The number of imide groups is 1. The predicted molar refractivity (Wildman–Crippen MR) is 92.4 cm³/mol. The molecule has 1 aliphatic heterocycles. The van der Waals surface area contributed by atoms with Crippen LogP contribution in [0.15, 0.2) is 33.9 Å². The van der Waals surface area contributed by atoms with Gasteiger partial charge in [-0.05, 0) is 19.1 Å². The predicted octanol–water partition coefficient (Wildman–Crippen LogP) is -0.656. The molecule has 136 valence electrons. The Balaban J connectivity index is 1.83. The van der Waals surface area contributed by atoms with Gasteiger partial charge in [-0.25, -0.2) is 4.79 Å². The highest BCUT2D eigenvalue weighted by atomic mass is 16.2. The van der Waals surface area contributed by atoms with Crippen molar-refractivity contribution in [3.05, 3.63) is 45.1 Å². The van der Waals surface area contributed by atoms with E-state index in [0.29, 0.717) is 10.9 Å². The zero-order valence-corrected chi connectivity index (χ0v) is 14.2. The first kappa shape index (κ1) is 17.6. The number of fused-ring (bicyclic) bond motifs is 1. The topological polar surface area (TPSA) is 121 Å².